The number of hydrogen-bond donors (Lipinski definition) is 3. The van der Waals surface area contributed by atoms with Crippen LogP contribution in [0, 0.1) is 11.7 Å². The Morgan fingerprint density at radius 1 is 1.21 bits per heavy atom. The summed E-state index contributed by atoms with van der Waals surface area (Å²) in [4.78, 5) is 12.2. The van der Waals surface area contributed by atoms with Gasteiger partial charge < -0.3 is 15.2 Å². The topological polar surface area (TPSA) is 92.2 Å². The number of H-pyrrole nitrogens is 1. The second-order valence-electron chi connectivity index (χ2n) is 7.41. The van der Waals surface area contributed by atoms with Crippen LogP contribution in [-0.4, -0.2) is 45.0 Å². The van der Waals surface area contributed by atoms with Gasteiger partial charge in [-0.05, 0) is 43.4 Å². The number of aromatic amines is 1. The molecule has 3 N–H and O–H groups in total. The number of aliphatic hydroxyl groups is 1. The summed E-state index contributed by atoms with van der Waals surface area (Å²) in [6, 6.07) is 11.9. The van der Waals surface area contributed by atoms with E-state index in [0.29, 0.717) is 17.1 Å². The number of benzene rings is 2. The van der Waals surface area contributed by atoms with Gasteiger partial charge in [0.1, 0.15) is 18.5 Å². The second kappa shape index (κ2) is 10.6. The maximum atomic E-state index is 12.6. The molecule has 3 aromatic rings. The summed E-state index contributed by atoms with van der Waals surface area (Å²) >= 11 is 5.26. The number of amides is 1. The van der Waals surface area contributed by atoms with Crippen molar-refractivity contribution in [3.8, 4) is 17.1 Å². The first-order valence-electron chi connectivity index (χ1n) is 10.1. The van der Waals surface area contributed by atoms with Crippen molar-refractivity contribution in [3.63, 3.8) is 0 Å². The first-order valence-corrected chi connectivity index (χ1v) is 10.5. The van der Waals surface area contributed by atoms with E-state index in [0.717, 1.165) is 23.3 Å². The van der Waals surface area contributed by atoms with E-state index >= 15 is 0 Å². The number of carbonyl (C=O) groups excluding carboxylic acids is 1. The van der Waals surface area contributed by atoms with E-state index in [4.69, 9.17) is 17.0 Å². The monoisotopic (exact) mass is 480 g/mol. The molecule has 3 rings (SSSR count). The second-order valence-corrected chi connectivity index (χ2v) is 7.80. The van der Waals surface area contributed by atoms with Gasteiger partial charge in [0.25, 0.3) is 0 Å². The standard InChI is InChI=1S/C22H23F3N4O3S/c1-14-2-4-15(5-3-14)20-27-28-21(33)29(20)11-10-19(31)26-12-17(30)13-32-18-8-6-16(7-9-18)22(23,24)25/h2-9,17,30H,10-13H2,1H3,(H,26,31)(H,28,33)/t17-/m0/s1. The summed E-state index contributed by atoms with van der Waals surface area (Å²) in [6.07, 6.45) is -5.35. The van der Waals surface area contributed by atoms with Crippen molar-refractivity contribution in [2.75, 3.05) is 13.2 Å². The molecular weight excluding hydrogens is 457 g/mol. The number of nitrogens with zero attached hydrogens (tertiary/aromatic N) is 2. The van der Waals surface area contributed by atoms with E-state index in [9.17, 15) is 23.1 Å². The van der Waals surface area contributed by atoms with Crippen molar-refractivity contribution >= 4 is 18.1 Å². The largest absolute Gasteiger partial charge is 0.491 e. The van der Waals surface area contributed by atoms with Gasteiger partial charge in [0.15, 0.2) is 10.6 Å². The van der Waals surface area contributed by atoms with Gasteiger partial charge >= 0.3 is 6.18 Å². The molecule has 33 heavy (non-hydrogen) atoms. The Bertz CT molecular complexity index is 1130. The highest BCUT2D eigenvalue weighted by molar-refractivity contribution is 7.71. The molecule has 0 aliphatic heterocycles. The number of ether oxygens (including phenoxy) is 1. The molecule has 1 aromatic heterocycles. The maximum Gasteiger partial charge on any atom is 0.416 e. The van der Waals surface area contributed by atoms with Crippen molar-refractivity contribution in [1.82, 2.24) is 20.1 Å². The predicted molar refractivity (Wildman–Crippen MR) is 118 cm³/mol. The Morgan fingerprint density at radius 2 is 1.88 bits per heavy atom. The summed E-state index contributed by atoms with van der Waals surface area (Å²) < 4.78 is 45.1. The van der Waals surface area contributed by atoms with Crippen LogP contribution >= 0.6 is 12.2 Å². The van der Waals surface area contributed by atoms with E-state index in [2.05, 4.69) is 15.5 Å². The first-order chi connectivity index (χ1) is 15.6. The number of hydrogen-bond acceptors (Lipinski definition) is 5. The zero-order valence-electron chi connectivity index (χ0n) is 17.7. The van der Waals surface area contributed by atoms with Crippen LogP contribution in [-0.2, 0) is 17.5 Å². The number of halogens is 3. The van der Waals surface area contributed by atoms with E-state index in [1.54, 1.807) is 4.57 Å². The van der Waals surface area contributed by atoms with Gasteiger partial charge in [0.2, 0.25) is 5.91 Å². The average Bonchev–Trinajstić information content (AvgIpc) is 3.15. The Hall–Kier alpha value is -3.18. The minimum Gasteiger partial charge on any atom is -0.491 e. The minimum atomic E-state index is -4.43. The molecule has 0 aliphatic carbocycles. The molecule has 0 unspecified atom stereocenters. The molecule has 0 saturated heterocycles. The molecule has 0 aliphatic rings. The van der Waals surface area contributed by atoms with Crippen LogP contribution in [0.4, 0.5) is 13.2 Å². The van der Waals surface area contributed by atoms with E-state index in [1.165, 1.54) is 12.1 Å². The molecule has 7 nitrogen and oxygen atoms in total. The molecule has 0 fully saturated rings. The van der Waals surface area contributed by atoms with Crippen LogP contribution in [0.3, 0.4) is 0 Å². The Morgan fingerprint density at radius 3 is 2.52 bits per heavy atom. The summed E-state index contributed by atoms with van der Waals surface area (Å²) in [5.41, 5.74) is 1.19. The van der Waals surface area contributed by atoms with Gasteiger partial charge in [0.05, 0.1) is 5.56 Å². The minimum absolute atomic E-state index is 0.0684. The van der Waals surface area contributed by atoms with Gasteiger partial charge in [-0.1, -0.05) is 29.8 Å². The van der Waals surface area contributed by atoms with Gasteiger partial charge in [-0.25, -0.2) is 0 Å². The number of aryl methyl sites for hydroxylation is 1. The van der Waals surface area contributed by atoms with Crippen molar-refractivity contribution < 1.29 is 27.8 Å². The fourth-order valence-electron chi connectivity index (χ4n) is 2.97. The average molecular weight is 481 g/mol. The van der Waals surface area contributed by atoms with Crippen LogP contribution in [0.2, 0.25) is 0 Å². The fraction of sp³-hybridized carbons (Fsp3) is 0.318. The smallest absolute Gasteiger partial charge is 0.416 e. The zero-order valence-corrected chi connectivity index (χ0v) is 18.5. The molecule has 1 amide bonds. The van der Waals surface area contributed by atoms with Gasteiger partial charge in [-0.2, -0.15) is 18.3 Å². The highest BCUT2D eigenvalue weighted by Gasteiger charge is 2.30. The third-order valence-corrected chi connectivity index (χ3v) is 5.10. The number of aliphatic hydroxyl groups excluding tert-OH is 1. The quantitative estimate of drug-likeness (QED) is 0.405. The number of carbonyl (C=O) groups is 1. The van der Waals surface area contributed by atoms with Crippen LogP contribution < -0.4 is 10.1 Å². The molecule has 0 saturated carbocycles. The highest BCUT2D eigenvalue weighted by atomic mass is 32.1. The van der Waals surface area contributed by atoms with Crippen LogP contribution in [0.5, 0.6) is 5.75 Å². The fourth-order valence-corrected chi connectivity index (χ4v) is 3.20. The predicted octanol–water partition coefficient (Wildman–Crippen LogP) is 3.88. The van der Waals surface area contributed by atoms with Gasteiger partial charge in [-0.15, -0.1) is 0 Å². The molecule has 1 atom stereocenters. The highest BCUT2D eigenvalue weighted by Crippen LogP contribution is 2.30. The Balaban J connectivity index is 1.45. The molecule has 11 heteroatoms. The molecule has 1 heterocycles. The number of aromatic nitrogens is 3. The maximum absolute atomic E-state index is 12.6. The third kappa shape index (κ3) is 6.90. The summed E-state index contributed by atoms with van der Waals surface area (Å²) in [5.74, 6) is 0.505. The molecule has 176 valence electrons. The van der Waals surface area contributed by atoms with Crippen molar-refractivity contribution in [2.24, 2.45) is 0 Å². The normalized spacial score (nSPS) is 12.4. The van der Waals surface area contributed by atoms with Crippen LogP contribution in [0.25, 0.3) is 11.4 Å². The lowest BCUT2D eigenvalue weighted by atomic mass is 10.1. The lowest BCUT2D eigenvalue weighted by molar-refractivity contribution is -0.137. The van der Waals surface area contributed by atoms with Crippen molar-refractivity contribution in [2.45, 2.75) is 32.2 Å². The molecule has 0 radical (unpaired) electrons. The van der Waals surface area contributed by atoms with Crippen molar-refractivity contribution in [1.29, 1.82) is 0 Å². The SMILES string of the molecule is Cc1ccc(-c2n[nH]c(=S)n2CCC(=O)NC[C@H](O)COc2ccc(C(F)(F)F)cc2)cc1. The van der Waals surface area contributed by atoms with Crippen molar-refractivity contribution in [3.05, 3.63) is 64.4 Å². The number of rotatable bonds is 9. The Kier molecular flexibility index (Phi) is 7.88. The number of nitrogens with one attached hydrogen (secondary N) is 2. The molecule has 2 aromatic carbocycles. The van der Waals surface area contributed by atoms with E-state index in [1.807, 2.05) is 31.2 Å². The zero-order chi connectivity index (χ0) is 24.0. The number of alkyl halides is 3. The summed E-state index contributed by atoms with van der Waals surface area (Å²) in [7, 11) is 0. The molecule has 0 spiro atoms. The van der Waals surface area contributed by atoms with Gasteiger partial charge in [0, 0.05) is 25.1 Å². The lowest BCUT2D eigenvalue weighted by Crippen LogP contribution is -2.35. The first kappa shape index (κ1) is 24.5. The summed E-state index contributed by atoms with van der Waals surface area (Å²) in [6.45, 7) is 2.02. The van der Waals surface area contributed by atoms with Crippen LogP contribution in [0.15, 0.2) is 48.5 Å². The van der Waals surface area contributed by atoms with E-state index < -0.39 is 17.8 Å². The Labute approximate surface area is 193 Å². The van der Waals surface area contributed by atoms with Crippen LogP contribution in [0.1, 0.15) is 17.5 Å². The van der Waals surface area contributed by atoms with Gasteiger partial charge in [-0.3, -0.25) is 14.5 Å². The molecular formula is C22H23F3N4O3S. The lowest BCUT2D eigenvalue weighted by Gasteiger charge is -2.14. The molecule has 0 bridgehead atoms. The van der Waals surface area contributed by atoms with E-state index in [-0.39, 0.29) is 31.2 Å². The third-order valence-electron chi connectivity index (χ3n) is 4.79. The summed E-state index contributed by atoms with van der Waals surface area (Å²) in [5, 5.41) is 19.6.